The van der Waals surface area contributed by atoms with Crippen molar-refractivity contribution >= 4 is 16.0 Å². The Bertz CT molecular complexity index is 523. The first-order chi connectivity index (χ1) is 8.95. The van der Waals surface area contributed by atoms with Gasteiger partial charge in [-0.05, 0) is 20.3 Å². The summed E-state index contributed by atoms with van der Waals surface area (Å²) in [5, 5.41) is 2.91. The highest BCUT2D eigenvalue weighted by Crippen LogP contribution is 2.20. The van der Waals surface area contributed by atoms with Gasteiger partial charge in [0.05, 0.1) is 24.5 Å². The summed E-state index contributed by atoms with van der Waals surface area (Å²) in [5.74, 6) is 0.414. The van der Waals surface area contributed by atoms with E-state index < -0.39 is 15.6 Å². The number of hydrogen-bond donors (Lipinski definition) is 2. The van der Waals surface area contributed by atoms with Gasteiger partial charge in [-0.3, -0.25) is 0 Å². The first kappa shape index (κ1) is 14.2. The average Bonchev–Trinajstić information content (AvgIpc) is 2.76. The van der Waals surface area contributed by atoms with Crippen molar-refractivity contribution in [2.75, 3.05) is 25.1 Å². The Morgan fingerprint density at radius 2 is 2.11 bits per heavy atom. The standard InChI is InChI=1S/C11H18N4O3S/c1-3-12-10-13-6-9(7-14-10)19(16,17)15-11(2)4-5-18-8-11/h6-7,15H,3-5,8H2,1-2H3,(H,12,13,14). The van der Waals surface area contributed by atoms with Gasteiger partial charge in [-0.15, -0.1) is 0 Å². The van der Waals surface area contributed by atoms with Crippen LogP contribution >= 0.6 is 0 Å². The van der Waals surface area contributed by atoms with Crippen molar-refractivity contribution in [3.8, 4) is 0 Å². The minimum absolute atomic E-state index is 0.0577. The molecule has 0 spiro atoms. The predicted molar refractivity (Wildman–Crippen MR) is 70.4 cm³/mol. The lowest BCUT2D eigenvalue weighted by Gasteiger charge is -2.22. The van der Waals surface area contributed by atoms with E-state index in [0.29, 0.717) is 32.1 Å². The molecule has 2 rings (SSSR count). The van der Waals surface area contributed by atoms with Crippen LogP contribution < -0.4 is 10.0 Å². The summed E-state index contributed by atoms with van der Waals surface area (Å²) >= 11 is 0. The molecule has 1 atom stereocenters. The molecule has 2 N–H and O–H groups in total. The molecule has 2 heterocycles. The van der Waals surface area contributed by atoms with Crippen LogP contribution in [0.25, 0.3) is 0 Å². The fraction of sp³-hybridized carbons (Fsp3) is 0.636. The summed E-state index contributed by atoms with van der Waals surface area (Å²) in [5.41, 5.74) is -0.556. The van der Waals surface area contributed by atoms with Gasteiger partial charge in [0.25, 0.3) is 0 Å². The van der Waals surface area contributed by atoms with Crippen molar-refractivity contribution in [1.29, 1.82) is 0 Å². The molecule has 19 heavy (non-hydrogen) atoms. The highest BCUT2D eigenvalue weighted by atomic mass is 32.2. The smallest absolute Gasteiger partial charge is 0.244 e. The van der Waals surface area contributed by atoms with E-state index in [0.717, 1.165) is 0 Å². The Morgan fingerprint density at radius 1 is 1.42 bits per heavy atom. The Morgan fingerprint density at radius 3 is 2.63 bits per heavy atom. The van der Waals surface area contributed by atoms with Gasteiger partial charge in [-0.25, -0.2) is 23.1 Å². The van der Waals surface area contributed by atoms with Crippen molar-refractivity contribution in [2.24, 2.45) is 0 Å². The molecule has 0 bridgehead atoms. The fourth-order valence-electron chi connectivity index (χ4n) is 1.84. The minimum atomic E-state index is -3.62. The van der Waals surface area contributed by atoms with Crippen molar-refractivity contribution in [2.45, 2.75) is 30.7 Å². The number of nitrogens with zero attached hydrogens (tertiary/aromatic N) is 2. The zero-order valence-electron chi connectivity index (χ0n) is 11.0. The van der Waals surface area contributed by atoms with Crippen LogP contribution in [0.5, 0.6) is 0 Å². The van der Waals surface area contributed by atoms with E-state index >= 15 is 0 Å². The number of anilines is 1. The van der Waals surface area contributed by atoms with E-state index in [-0.39, 0.29) is 4.90 Å². The Labute approximate surface area is 112 Å². The lowest BCUT2D eigenvalue weighted by molar-refractivity contribution is 0.178. The monoisotopic (exact) mass is 286 g/mol. The molecule has 1 unspecified atom stereocenters. The fourth-order valence-corrected chi connectivity index (χ4v) is 3.15. The zero-order chi connectivity index (χ0) is 13.9. The first-order valence-corrected chi connectivity index (χ1v) is 7.61. The molecule has 1 aromatic rings. The van der Waals surface area contributed by atoms with Crippen molar-refractivity contribution in [3.63, 3.8) is 0 Å². The van der Waals surface area contributed by atoms with Gasteiger partial charge in [0.1, 0.15) is 4.90 Å². The Hall–Kier alpha value is -1.25. The molecule has 0 amide bonds. The SMILES string of the molecule is CCNc1ncc(S(=O)(=O)NC2(C)CCOC2)cn1. The molecule has 1 aliphatic heterocycles. The molecule has 8 heteroatoms. The molecule has 0 radical (unpaired) electrons. The van der Waals surface area contributed by atoms with Crippen molar-refractivity contribution < 1.29 is 13.2 Å². The van der Waals surface area contributed by atoms with Gasteiger partial charge in [0, 0.05) is 13.2 Å². The van der Waals surface area contributed by atoms with E-state index in [1.807, 2.05) is 13.8 Å². The van der Waals surface area contributed by atoms with Crippen LogP contribution in [0.4, 0.5) is 5.95 Å². The summed E-state index contributed by atoms with van der Waals surface area (Å²) in [4.78, 5) is 7.98. The van der Waals surface area contributed by atoms with Crippen LogP contribution in [0.3, 0.4) is 0 Å². The highest BCUT2D eigenvalue weighted by Gasteiger charge is 2.34. The molecule has 0 saturated carbocycles. The molecule has 106 valence electrons. The topological polar surface area (TPSA) is 93.2 Å². The van der Waals surface area contributed by atoms with Crippen LogP contribution in [0.2, 0.25) is 0 Å². The highest BCUT2D eigenvalue weighted by molar-refractivity contribution is 7.89. The molecule has 0 aliphatic carbocycles. The van der Waals surface area contributed by atoms with Gasteiger partial charge < -0.3 is 10.1 Å². The largest absolute Gasteiger partial charge is 0.379 e. The van der Waals surface area contributed by atoms with Crippen molar-refractivity contribution in [3.05, 3.63) is 12.4 Å². The maximum absolute atomic E-state index is 12.2. The second-order valence-corrected chi connectivity index (χ2v) is 6.42. The molecular formula is C11H18N4O3S. The molecular weight excluding hydrogens is 268 g/mol. The van der Waals surface area contributed by atoms with E-state index in [1.165, 1.54) is 12.4 Å². The first-order valence-electron chi connectivity index (χ1n) is 6.13. The number of ether oxygens (including phenoxy) is 1. The third-order valence-electron chi connectivity index (χ3n) is 2.87. The summed E-state index contributed by atoms with van der Waals surface area (Å²) in [7, 11) is -3.62. The lowest BCUT2D eigenvalue weighted by atomic mass is 10.0. The second kappa shape index (κ2) is 5.40. The molecule has 7 nitrogen and oxygen atoms in total. The molecule has 1 aliphatic rings. The average molecular weight is 286 g/mol. The predicted octanol–water partition coefficient (Wildman–Crippen LogP) is 0.366. The van der Waals surface area contributed by atoms with Crippen LogP contribution in [0.15, 0.2) is 17.3 Å². The Kier molecular flexibility index (Phi) is 4.02. The number of nitrogens with one attached hydrogen (secondary N) is 2. The van der Waals surface area contributed by atoms with Crippen LogP contribution in [0, 0.1) is 0 Å². The zero-order valence-corrected chi connectivity index (χ0v) is 11.8. The van der Waals surface area contributed by atoms with E-state index in [2.05, 4.69) is 20.0 Å². The summed E-state index contributed by atoms with van der Waals surface area (Å²) in [6.45, 7) is 5.36. The number of rotatable bonds is 5. The normalized spacial score (nSPS) is 23.5. The summed E-state index contributed by atoms with van der Waals surface area (Å²) < 4.78 is 32.3. The molecule has 0 aromatic carbocycles. The maximum Gasteiger partial charge on any atom is 0.244 e. The number of aromatic nitrogens is 2. The van der Waals surface area contributed by atoms with Gasteiger partial charge in [-0.2, -0.15) is 0 Å². The third-order valence-corrected chi connectivity index (χ3v) is 4.47. The molecule has 1 saturated heterocycles. The van der Waals surface area contributed by atoms with E-state index in [1.54, 1.807) is 0 Å². The number of hydrogen-bond acceptors (Lipinski definition) is 6. The maximum atomic E-state index is 12.2. The Balaban J connectivity index is 2.15. The second-order valence-electron chi connectivity index (χ2n) is 4.74. The third kappa shape index (κ3) is 3.40. The van der Waals surface area contributed by atoms with Crippen LogP contribution in [-0.2, 0) is 14.8 Å². The van der Waals surface area contributed by atoms with Gasteiger partial charge in [-0.1, -0.05) is 0 Å². The van der Waals surface area contributed by atoms with Gasteiger partial charge in [0.2, 0.25) is 16.0 Å². The van der Waals surface area contributed by atoms with E-state index in [9.17, 15) is 8.42 Å². The lowest BCUT2D eigenvalue weighted by Crippen LogP contribution is -2.46. The minimum Gasteiger partial charge on any atom is -0.379 e. The number of sulfonamides is 1. The quantitative estimate of drug-likeness (QED) is 0.812. The molecule has 1 fully saturated rings. The van der Waals surface area contributed by atoms with Crippen LogP contribution in [-0.4, -0.2) is 43.7 Å². The molecule has 1 aromatic heterocycles. The summed E-state index contributed by atoms with van der Waals surface area (Å²) in [6, 6.07) is 0. The van der Waals surface area contributed by atoms with E-state index in [4.69, 9.17) is 4.74 Å². The van der Waals surface area contributed by atoms with Gasteiger partial charge >= 0.3 is 0 Å². The van der Waals surface area contributed by atoms with Crippen molar-refractivity contribution in [1.82, 2.24) is 14.7 Å². The summed E-state index contributed by atoms with van der Waals surface area (Å²) in [6.07, 6.45) is 3.25. The van der Waals surface area contributed by atoms with Crippen LogP contribution in [0.1, 0.15) is 20.3 Å². The van der Waals surface area contributed by atoms with Gasteiger partial charge in [0.15, 0.2) is 0 Å².